The van der Waals surface area contributed by atoms with Gasteiger partial charge in [-0.2, -0.15) is 0 Å². The predicted octanol–water partition coefficient (Wildman–Crippen LogP) is 3.42. The Morgan fingerprint density at radius 1 is 1.06 bits per heavy atom. The van der Waals surface area contributed by atoms with E-state index in [1.807, 2.05) is 40.8 Å². The van der Waals surface area contributed by atoms with E-state index in [2.05, 4.69) is 45.2 Å². The van der Waals surface area contributed by atoms with Crippen molar-refractivity contribution < 1.29 is 0 Å². The van der Waals surface area contributed by atoms with E-state index >= 15 is 0 Å². The summed E-state index contributed by atoms with van der Waals surface area (Å²) in [7, 11) is 1.93. The molecular weight excluding hydrogens is 386 g/mol. The van der Waals surface area contributed by atoms with Gasteiger partial charge in [-0.3, -0.25) is 14.7 Å². The Labute approximate surface area is 180 Å². The van der Waals surface area contributed by atoms with Crippen LogP contribution in [0.15, 0.2) is 66.0 Å². The van der Waals surface area contributed by atoms with Crippen molar-refractivity contribution in [3.63, 3.8) is 0 Å². The second kappa shape index (κ2) is 7.17. The minimum Gasteiger partial charge on any atom is -0.334 e. The molecule has 6 heteroatoms. The van der Waals surface area contributed by atoms with Crippen LogP contribution in [0.3, 0.4) is 0 Å². The highest BCUT2D eigenvalue weighted by atomic mass is 16.1. The van der Waals surface area contributed by atoms with Gasteiger partial charge in [-0.15, -0.1) is 0 Å². The van der Waals surface area contributed by atoms with Crippen LogP contribution in [-0.4, -0.2) is 37.1 Å². The van der Waals surface area contributed by atoms with Crippen LogP contribution in [-0.2, 0) is 20.1 Å². The number of aromatic nitrogens is 4. The molecule has 0 radical (unpaired) electrons. The zero-order chi connectivity index (χ0) is 20.9. The Morgan fingerprint density at radius 2 is 2.00 bits per heavy atom. The van der Waals surface area contributed by atoms with Crippen molar-refractivity contribution in [2.75, 3.05) is 13.1 Å². The minimum atomic E-state index is 0.0940. The van der Waals surface area contributed by atoms with Gasteiger partial charge in [0.05, 0.1) is 5.56 Å². The van der Waals surface area contributed by atoms with Gasteiger partial charge in [0.1, 0.15) is 5.82 Å². The highest BCUT2D eigenvalue weighted by Gasteiger charge is 2.35. The Balaban J connectivity index is 1.31. The summed E-state index contributed by atoms with van der Waals surface area (Å²) >= 11 is 0. The van der Waals surface area contributed by atoms with Crippen molar-refractivity contribution in [2.24, 2.45) is 13.0 Å². The van der Waals surface area contributed by atoms with Crippen molar-refractivity contribution in [1.29, 1.82) is 0 Å². The van der Waals surface area contributed by atoms with Crippen molar-refractivity contribution in [3.05, 3.63) is 82.8 Å². The maximum atomic E-state index is 13.3. The highest BCUT2D eigenvalue weighted by molar-refractivity contribution is 5.84. The normalized spacial score (nSPS) is 20.7. The molecule has 1 aromatic carbocycles. The molecule has 3 aromatic heterocycles. The third-order valence-corrected chi connectivity index (χ3v) is 6.91. The standard InChI is InChI=1S/C25H25N5O/c1-28-10-9-27-24(28)22-5-6-23-20-11-17(14-30(23)25(22)31)13-29(16-20)15-19-4-2-3-18-12-26-8-7-21(18)19/h2-10,12,17,20H,11,13-16H2,1H3/t17-,20+/m0/s1. The Bertz CT molecular complexity index is 1330. The van der Waals surface area contributed by atoms with Crippen LogP contribution in [0.5, 0.6) is 0 Å². The van der Waals surface area contributed by atoms with Crippen LogP contribution in [0.4, 0.5) is 0 Å². The highest BCUT2D eigenvalue weighted by Crippen LogP contribution is 2.36. The Hall–Kier alpha value is -3.25. The Kier molecular flexibility index (Phi) is 4.28. The van der Waals surface area contributed by atoms with Crippen molar-refractivity contribution in [3.8, 4) is 11.4 Å². The zero-order valence-electron chi connectivity index (χ0n) is 17.6. The molecule has 1 fully saturated rings. The summed E-state index contributed by atoms with van der Waals surface area (Å²) in [6, 6.07) is 12.7. The first-order valence-electron chi connectivity index (χ1n) is 10.9. The number of piperidine rings is 1. The summed E-state index contributed by atoms with van der Waals surface area (Å²) in [5, 5.41) is 2.47. The second-order valence-corrected chi connectivity index (χ2v) is 8.96. The number of fused-ring (bicyclic) bond motifs is 5. The van der Waals surface area contributed by atoms with Gasteiger partial charge >= 0.3 is 0 Å². The number of aryl methyl sites for hydroxylation is 1. The topological polar surface area (TPSA) is 56.0 Å². The summed E-state index contributed by atoms with van der Waals surface area (Å²) in [4.78, 5) is 24.5. The smallest absolute Gasteiger partial charge is 0.261 e. The molecule has 0 aliphatic carbocycles. The molecular formula is C25H25N5O. The van der Waals surface area contributed by atoms with Crippen molar-refractivity contribution in [2.45, 2.75) is 25.4 Å². The van der Waals surface area contributed by atoms with Crippen LogP contribution in [0.25, 0.3) is 22.2 Å². The van der Waals surface area contributed by atoms with Gasteiger partial charge in [0.15, 0.2) is 0 Å². The van der Waals surface area contributed by atoms with E-state index in [1.54, 1.807) is 6.20 Å². The SMILES string of the molecule is Cn1ccnc1-c1ccc2n(c1=O)C[C@H]1C[C@@H]2CN(Cc2cccc3cnccc23)C1. The number of hydrogen-bond donors (Lipinski definition) is 0. The molecule has 0 saturated carbocycles. The molecule has 5 heterocycles. The van der Waals surface area contributed by atoms with Gasteiger partial charge in [0.2, 0.25) is 0 Å². The van der Waals surface area contributed by atoms with Gasteiger partial charge in [-0.1, -0.05) is 18.2 Å². The quantitative estimate of drug-likeness (QED) is 0.518. The fourth-order valence-corrected chi connectivity index (χ4v) is 5.54. The van der Waals surface area contributed by atoms with E-state index in [4.69, 9.17) is 0 Å². The molecule has 2 bridgehead atoms. The van der Waals surface area contributed by atoms with Crippen LogP contribution in [0.1, 0.15) is 23.6 Å². The molecule has 1 saturated heterocycles. The van der Waals surface area contributed by atoms with Gasteiger partial charge in [-0.05, 0) is 41.5 Å². The summed E-state index contributed by atoms with van der Waals surface area (Å²) in [6.07, 6.45) is 8.60. The molecule has 2 aliphatic rings. The van der Waals surface area contributed by atoms with Crippen LogP contribution >= 0.6 is 0 Å². The predicted molar refractivity (Wildman–Crippen MR) is 121 cm³/mol. The van der Waals surface area contributed by atoms with Gasteiger partial charge in [0, 0.05) is 75.0 Å². The number of imidazole rings is 1. The largest absolute Gasteiger partial charge is 0.334 e. The first-order valence-corrected chi connectivity index (χ1v) is 10.9. The molecule has 0 amide bonds. The van der Waals surface area contributed by atoms with Crippen LogP contribution in [0, 0.1) is 5.92 Å². The number of pyridine rings is 2. The average Bonchev–Trinajstić information content (AvgIpc) is 3.20. The minimum absolute atomic E-state index is 0.0940. The molecule has 4 aromatic rings. The zero-order valence-corrected chi connectivity index (χ0v) is 17.6. The fourth-order valence-electron chi connectivity index (χ4n) is 5.54. The number of benzene rings is 1. The van der Waals surface area contributed by atoms with E-state index in [0.717, 1.165) is 38.4 Å². The van der Waals surface area contributed by atoms with Crippen molar-refractivity contribution >= 4 is 10.8 Å². The molecule has 0 N–H and O–H groups in total. The monoisotopic (exact) mass is 411 g/mol. The second-order valence-electron chi connectivity index (χ2n) is 8.96. The van der Waals surface area contributed by atoms with E-state index in [0.29, 0.717) is 17.4 Å². The lowest BCUT2D eigenvalue weighted by Crippen LogP contribution is -2.47. The third kappa shape index (κ3) is 3.10. The van der Waals surface area contributed by atoms with Crippen LogP contribution < -0.4 is 5.56 Å². The molecule has 0 unspecified atom stereocenters. The van der Waals surface area contributed by atoms with Crippen molar-refractivity contribution in [1.82, 2.24) is 24.0 Å². The maximum Gasteiger partial charge on any atom is 0.261 e. The first kappa shape index (κ1) is 18.5. The number of hydrogen-bond acceptors (Lipinski definition) is 4. The van der Waals surface area contributed by atoms with Gasteiger partial charge in [0.25, 0.3) is 5.56 Å². The number of nitrogens with zero attached hydrogens (tertiary/aromatic N) is 5. The molecule has 156 valence electrons. The van der Waals surface area contributed by atoms with Crippen LogP contribution in [0.2, 0.25) is 0 Å². The number of rotatable bonds is 3. The lowest BCUT2D eigenvalue weighted by Gasteiger charge is -2.43. The molecule has 0 spiro atoms. The summed E-state index contributed by atoms with van der Waals surface area (Å²) in [6.45, 7) is 3.73. The maximum absolute atomic E-state index is 13.3. The first-order chi connectivity index (χ1) is 15.2. The fraction of sp³-hybridized carbons (Fsp3) is 0.320. The Morgan fingerprint density at radius 3 is 2.87 bits per heavy atom. The lowest BCUT2D eigenvalue weighted by atomic mass is 9.82. The van der Waals surface area contributed by atoms with E-state index < -0.39 is 0 Å². The molecule has 2 atom stereocenters. The summed E-state index contributed by atoms with van der Waals surface area (Å²) < 4.78 is 3.93. The summed E-state index contributed by atoms with van der Waals surface area (Å²) in [5.74, 6) is 1.63. The van der Waals surface area contributed by atoms with E-state index in [-0.39, 0.29) is 5.56 Å². The van der Waals surface area contributed by atoms with Gasteiger partial charge < -0.3 is 9.13 Å². The lowest BCUT2D eigenvalue weighted by molar-refractivity contribution is 0.115. The van der Waals surface area contributed by atoms with E-state index in [1.165, 1.54) is 22.0 Å². The molecule has 6 nitrogen and oxygen atoms in total. The van der Waals surface area contributed by atoms with Gasteiger partial charge in [-0.25, -0.2) is 4.98 Å². The molecule has 6 rings (SSSR count). The molecule has 2 aliphatic heterocycles. The number of likely N-dealkylation sites (tertiary alicyclic amines) is 1. The average molecular weight is 412 g/mol. The summed E-state index contributed by atoms with van der Waals surface area (Å²) in [5.41, 5.74) is 3.31. The van der Waals surface area contributed by atoms with E-state index in [9.17, 15) is 4.79 Å². The molecule has 31 heavy (non-hydrogen) atoms. The third-order valence-electron chi connectivity index (χ3n) is 6.91.